The summed E-state index contributed by atoms with van der Waals surface area (Å²) in [5.74, 6) is 0. The topological polar surface area (TPSA) is 102 Å². The fourth-order valence-corrected chi connectivity index (χ4v) is 3.13. The van der Waals surface area contributed by atoms with Crippen LogP contribution in [0.4, 0.5) is 0 Å². The van der Waals surface area contributed by atoms with Crippen molar-refractivity contribution in [1.29, 1.82) is 0 Å². The van der Waals surface area contributed by atoms with Crippen LogP contribution in [-0.2, 0) is 4.74 Å². The molecule has 0 bridgehead atoms. The Labute approximate surface area is 146 Å². The zero-order valence-corrected chi connectivity index (χ0v) is 15.1. The van der Waals surface area contributed by atoms with Crippen LogP contribution in [0.15, 0.2) is 0 Å². The molecule has 1 saturated heterocycles. The molecule has 0 aromatic heterocycles. The molecule has 1 heterocycles. The quantitative estimate of drug-likeness (QED) is 0.322. The molecule has 6 nitrogen and oxygen atoms in total. The first kappa shape index (κ1) is 21.8. The molecular weight excluding hydrogens is 310 g/mol. The molecule has 0 spiro atoms. The number of hydrogen-bond donors (Lipinski definition) is 5. The maximum atomic E-state index is 9.90. The highest BCUT2D eigenvalue weighted by molar-refractivity contribution is 4.90. The van der Waals surface area contributed by atoms with E-state index in [4.69, 9.17) is 9.84 Å². The molecule has 1 rings (SSSR count). The number of ether oxygens (including phenoxy) is 1. The summed E-state index contributed by atoms with van der Waals surface area (Å²) in [5.41, 5.74) is 0. The van der Waals surface area contributed by atoms with Gasteiger partial charge in [0.05, 0.1) is 6.61 Å². The first-order valence-corrected chi connectivity index (χ1v) is 9.65. The lowest BCUT2D eigenvalue weighted by molar-refractivity contribution is -0.236. The van der Waals surface area contributed by atoms with E-state index >= 15 is 0 Å². The Morgan fingerprint density at radius 3 is 1.83 bits per heavy atom. The lowest BCUT2D eigenvalue weighted by atomic mass is 9.98. The van der Waals surface area contributed by atoms with Crippen molar-refractivity contribution >= 4 is 0 Å². The van der Waals surface area contributed by atoms with Crippen LogP contribution < -0.4 is 5.32 Å². The highest BCUT2D eigenvalue weighted by Gasteiger charge is 2.42. The Bertz CT molecular complexity index is 303. The van der Waals surface area contributed by atoms with Gasteiger partial charge in [-0.2, -0.15) is 0 Å². The van der Waals surface area contributed by atoms with E-state index in [1.165, 1.54) is 51.4 Å². The summed E-state index contributed by atoms with van der Waals surface area (Å²) < 4.78 is 5.40. The molecule has 1 aliphatic rings. The van der Waals surface area contributed by atoms with Gasteiger partial charge in [-0.3, -0.25) is 5.32 Å². The van der Waals surface area contributed by atoms with Crippen molar-refractivity contribution in [1.82, 2.24) is 5.32 Å². The van der Waals surface area contributed by atoms with Crippen LogP contribution in [0.1, 0.15) is 71.1 Å². The SMILES string of the molecule is CCCCCCCCCCCCN[C@@H]1O[C@H](CO)[C@@H](O)[C@H](O)[C@@H]1O. The van der Waals surface area contributed by atoms with Crippen LogP contribution in [-0.4, -0.2) is 64.2 Å². The minimum absolute atomic E-state index is 0.388. The molecule has 24 heavy (non-hydrogen) atoms. The largest absolute Gasteiger partial charge is 0.394 e. The average Bonchev–Trinajstić information content (AvgIpc) is 2.59. The Kier molecular flexibility index (Phi) is 11.8. The summed E-state index contributed by atoms with van der Waals surface area (Å²) in [4.78, 5) is 0. The third-order valence-corrected chi connectivity index (χ3v) is 4.77. The van der Waals surface area contributed by atoms with Gasteiger partial charge in [-0.25, -0.2) is 0 Å². The molecule has 1 aliphatic heterocycles. The third-order valence-electron chi connectivity index (χ3n) is 4.77. The van der Waals surface area contributed by atoms with Crippen molar-refractivity contribution in [3.05, 3.63) is 0 Å². The Hall–Kier alpha value is -0.240. The van der Waals surface area contributed by atoms with Crippen LogP contribution >= 0.6 is 0 Å². The summed E-state index contributed by atoms with van der Waals surface area (Å²) in [6.07, 6.45) is 7.21. The van der Waals surface area contributed by atoms with E-state index in [1.54, 1.807) is 0 Å². The van der Waals surface area contributed by atoms with Gasteiger partial charge in [0.2, 0.25) is 0 Å². The maximum Gasteiger partial charge on any atom is 0.137 e. The van der Waals surface area contributed by atoms with E-state index in [-0.39, 0.29) is 6.61 Å². The maximum absolute atomic E-state index is 9.90. The standard InChI is InChI=1S/C18H37NO5/c1-2-3-4-5-6-7-8-9-10-11-12-19-18-17(23)16(22)15(21)14(13-20)24-18/h14-23H,2-13H2,1H3/t14-,15-,16+,17+,18-/m1/s1. The molecule has 1 fully saturated rings. The normalized spacial score (nSPS) is 30.6. The molecule has 5 N–H and O–H groups in total. The van der Waals surface area contributed by atoms with E-state index in [9.17, 15) is 15.3 Å². The van der Waals surface area contributed by atoms with E-state index in [1.807, 2.05) is 0 Å². The van der Waals surface area contributed by atoms with E-state index in [2.05, 4.69) is 12.2 Å². The van der Waals surface area contributed by atoms with Gasteiger partial charge in [0.1, 0.15) is 30.6 Å². The van der Waals surface area contributed by atoms with Gasteiger partial charge < -0.3 is 25.2 Å². The predicted molar refractivity (Wildman–Crippen MR) is 93.6 cm³/mol. The van der Waals surface area contributed by atoms with Gasteiger partial charge in [-0.05, 0) is 13.0 Å². The number of aliphatic hydroxyl groups excluding tert-OH is 4. The molecule has 0 radical (unpaired) electrons. The summed E-state index contributed by atoms with van der Waals surface area (Å²) in [5, 5.41) is 41.5. The van der Waals surface area contributed by atoms with Crippen LogP contribution in [0.5, 0.6) is 0 Å². The molecule has 6 heteroatoms. The minimum Gasteiger partial charge on any atom is -0.394 e. The lowest BCUT2D eigenvalue weighted by Crippen LogP contribution is -2.62. The Morgan fingerprint density at radius 2 is 1.29 bits per heavy atom. The van der Waals surface area contributed by atoms with Gasteiger partial charge >= 0.3 is 0 Å². The summed E-state index contributed by atoms with van der Waals surface area (Å²) in [6.45, 7) is 2.53. The lowest BCUT2D eigenvalue weighted by Gasteiger charge is -2.40. The van der Waals surface area contributed by atoms with Gasteiger partial charge in [-0.15, -0.1) is 0 Å². The smallest absolute Gasteiger partial charge is 0.137 e. The second-order valence-corrected chi connectivity index (χ2v) is 6.89. The molecule has 5 atom stereocenters. The molecule has 0 amide bonds. The Balaban J connectivity index is 2.02. The molecule has 0 saturated carbocycles. The minimum atomic E-state index is -1.30. The highest BCUT2D eigenvalue weighted by Crippen LogP contribution is 2.19. The van der Waals surface area contributed by atoms with Crippen LogP contribution in [0, 0.1) is 0 Å². The highest BCUT2D eigenvalue weighted by atomic mass is 16.6. The fourth-order valence-electron chi connectivity index (χ4n) is 3.13. The zero-order valence-electron chi connectivity index (χ0n) is 15.1. The number of rotatable bonds is 13. The molecule has 0 unspecified atom stereocenters. The van der Waals surface area contributed by atoms with Crippen molar-refractivity contribution in [3.63, 3.8) is 0 Å². The number of hydrogen-bond acceptors (Lipinski definition) is 6. The number of nitrogens with one attached hydrogen (secondary N) is 1. The average molecular weight is 347 g/mol. The second-order valence-electron chi connectivity index (χ2n) is 6.89. The number of aliphatic hydroxyl groups is 4. The Morgan fingerprint density at radius 1 is 0.750 bits per heavy atom. The van der Waals surface area contributed by atoms with Crippen LogP contribution in [0.3, 0.4) is 0 Å². The van der Waals surface area contributed by atoms with Crippen molar-refractivity contribution < 1.29 is 25.2 Å². The van der Waals surface area contributed by atoms with Crippen molar-refractivity contribution in [2.75, 3.05) is 13.2 Å². The fraction of sp³-hybridized carbons (Fsp3) is 1.00. The van der Waals surface area contributed by atoms with E-state index in [0.29, 0.717) is 6.54 Å². The first-order chi connectivity index (χ1) is 11.6. The molecule has 0 aromatic carbocycles. The third kappa shape index (κ3) is 7.76. The van der Waals surface area contributed by atoms with Gasteiger partial charge in [0.15, 0.2) is 0 Å². The molecular formula is C18H37NO5. The van der Waals surface area contributed by atoms with Crippen LogP contribution in [0.25, 0.3) is 0 Å². The van der Waals surface area contributed by atoms with Gasteiger partial charge in [-0.1, -0.05) is 64.7 Å². The molecule has 0 aromatic rings. The van der Waals surface area contributed by atoms with E-state index < -0.39 is 30.6 Å². The van der Waals surface area contributed by atoms with Gasteiger partial charge in [0.25, 0.3) is 0 Å². The molecule has 0 aliphatic carbocycles. The summed E-state index contributed by atoms with van der Waals surface area (Å²) >= 11 is 0. The molecule has 144 valence electrons. The van der Waals surface area contributed by atoms with Crippen LogP contribution in [0.2, 0.25) is 0 Å². The van der Waals surface area contributed by atoms with Gasteiger partial charge in [0, 0.05) is 0 Å². The van der Waals surface area contributed by atoms with Crippen molar-refractivity contribution in [2.24, 2.45) is 0 Å². The van der Waals surface area contributed by atoms with E-state index in [0.717, 1.165) is 12.8 Å². The first-order valence-electron chi connectivity index (χ1n) is 9.65. The predicted octanol–water partition coefficient (Wildman–Crippen LogP) is 1.30. The van der Waals surface area contributed by atoms with Crippen molar-refractivity contribution in [3.8, 4) is 0 Å². The summed E-state index contributed by atoms with van der Waals surface area (Å²) in [7, 11) is 0. The van der Waals surface area contributed by atoms with Crippen molar-refractivity contribution in [2.45, 2.75) is 102 Å². The zero-order chi connectivity index (χ0) is 17.8. The second kappa shape index (κ2) is 13.0. The number of unbranched alkanes of at least 4 members (excludes halogenated alkanes) is 9. The summed E-state index contributed by atoms with van der Waals surface area (Å²) in [6, 6.07) is 0. The monoisotopic (exact) mass is 347 g/mol.